The number of rotatable bonds is 8. The first-order valence-corrected chi connectivity index (χ1v) is 5.85. The van der Waals surface area contributed by atoms with Crippen molar-refractivity contribution in [2.45, 2.75) is 6.54 Å². The Kier molecular flexibility index (Phi) is 9.88. The number of halogens is 1. The number of benzene rings is 1. The van der Waals surface area contributed by atoms with E-state index in [9.17, 15) is 4.79 Å². The quantitative estimate of drug-likeness (QED) is 0.700. The fourth-order valence-corrected chi connectivity index (χ4v) is 1.42. The second-order valence-corrected chi connectivity index (χ2v) is 3.80. The summed E-state index contributed by atoms with van der Waals surface area (Å²) in [5.74, 6) is 0.758. The van der Waals surface area contributed by atoms with Crippen LogP contribution in [-0.2, 0) is 16.1 Å². The summed E-state index contributed by atoms with van der Waals surface area (Å²) in [6, 6.07) is 7.62. The van der Waals surface area contributed by atoms with Crippen LogP contribution in [0.1, 0.15) is 5.56 Å². The first-order valence-electron chi connectivity index (χ1n) is 5.85. The average molecular weight is 289 g/mol. The highest BCUT2D eigenvalue weighted by Crippen LogP contribution is 2.11. The molecule has 2 N–H and O–H groups in total. The van der Waals surface area contributed by atoms with Gasteiger partial charge in [-0.1, -0.05) is 12.1 Å². The van der Waals surface area contributed by atoms with Gasteiger partial charge in [-0.25, -0.2) is 0 Å². The molecule has 0 aromatic heterocycles. The predicted octanol–water partition coefficient (Wildman–Crippen LogP) is 0.969. The molecule has 0 aliphatic carbocycles. The molecule has 1 aromatic rings. The number of carbonyl (C=O) groups is 1. The second kappa shape index (κ2) is 10.6. The molecule has 1 rings (SSSR count). The third-order valence-corrected chi connectivity index (χ3v) is 2.39. The maximum Gasteiger partial charge on any atom is 0.234 e. The summed E-state index contributed by atoms with van der Waals surface area (Å²) in [6.07, 6.45) is 0. The van der Waals surface area contributed by atoms with Crippen LogP contribution in [0.4, 0.5) is 0 Å². The van der Waals surface area contributed by atoms with Crippen molar-refractivity contribution < 1.29 is 14.3 Å². The molecular weight excluding hydrogens is 268 g/mol. The SMILES string of the molecule is COCCNCC(=O)NCc1cccc(OC)c1.Cl. The molecule has 0 bridgehead atoms. The van der Waals surface area contributed by atoms with Gasteiger partial charge in [0.15, 0.2) is 0 Å². The molecule has 0 saturated carbocycles. The Bertz CT molecular complexity index is 375. The Morgan fingerprint density at radius 3 is 2.79 bits per heavy atom. The number of methoxy groups -OCH3 is 2. The minimum Gasteiger partial charge on any atom is -0.497 e. The molecule has 0 aliphatic heterocycles. The Hall–Kier alpha value is -1.30. The summed E-state index contributed by atoms with van der Waals surface area (Å²) in [5, 5.41) is 5.81. The van der Waals surface area contributed by atoms with Crippen molar-refractivity contribution in [1.29, 1.82) is 0 Å². The Balaban J connectivity index is 0.00000324. The molecule has 5 nitrogen and oxygen atoms in total. The van der Waals surface area contributed by atoms with E-state index in [4.69, 9.17) is 9.47 Å². The molecule has 0 atom stereocenters. The van der Waals surface area contributed by atoms with E-state index in [2.05, 4.69) is 10.6 Å². The Morgan fingerprint density at radius 2 is 2.11 bits per heavy atom. The lowest BCUT2D eigenvalue weighted by molar-refractivity contribution is -0.120. The van der Waals surface area contributed by atoms with E-state index in [-0.39, 0.29) is 18.3 Å². The molecule has 0 saturated heterocycles. The summed E-state index contributed by atoms with van der Waals surface area (Å²) in [6.45, 7) is 2.07. The Labute approximate surface area is 120 Å². The second-order valence-electron chi connectivity index (χ2n) is 3.80. The zero-order valence-corrected chi connectivity index (χ0v) is 12.1. The maximum atomic E-state index is 11.5. The molecule has 6 heteroatoms. The summed E-state index contributed by atoms with van der Waals surface area (Å²) in [5.41, 5.74) is 1.01. The highest BCUT2D eigenvalue weighted by Gasteiger charge is 2.01. The molecule has 0 spiro atoms. The summed E-state index contributed by atoms with van der Waals surface area (Å²) in [7, 11) is 3.25. The maximum absolute atomic E-state index is 11.5. The molecule has 0 radical (unpaired) electrons. The molecule has 0 fully saturated rings. The number of carbonyl (C=O) groups excluding carboxylic acids is 1. The lowest BCUT2D eigenvalue weighted by Gasteiger charge is -2.07. The van der Waals surface area contributed by atoms with Crippen molar-refractivity contribution in [3.63, 3.8) is 0 Å². The van der Waals surface area contributed by atoms with E-state index in [0.29, 0.717) is 26.2 Å². The zero-order valence-electron chi connectivity index (χ0n) is 11.3. The first-order chi connectivity index (χ1) is 8.76. The van der Waals surface area contributed by atoms with E-state index >= 15 is 0 Å². The summed E-state index contributed by atoms with van der Waals surface area (Å²) in [4.78, 5) is 11.5. The van der Waals surface area contributed by atoms with Crippen LogP contribution in [0.15, 0.2) is 24.3 Å². The topological polar surface area (TPSA) is 59.6 Å². The van der Waals surface area contributed by atoms with Crippen LogP contribution < -0.4 is 15.4 Å². The molecular formula is C13H21ClN2O3. The van der Waals surface area contributed by atoms with E-state index in [0.717, 1.165) is 11.3 Å². The van der Waals surface area contributed by atoms with Crippen molar-refractivity contribution in [1.82, 2.24) is 10.6 Å². The minimum absolute atomic E-state index is 0. The van der Waals surface area contributed by atoms with Crippen molar-refractivity contribution in [2.24, 2.45) is 0 Å². The van der Waals surface area contributed by atoms with Gasteiger partial charge in [-0.15, -0.1) is 12.4 Å². The van der Waals surface area contributed by atoms with Gasteiger partial charge in [0.2, 0.25) is 5.91 Å². The van der Waals surface area contributed by atoms with E-state index < -0.39 is 0 Å². The van der Waals surface area contributed by atoms with Crippen LogP contribution in [0.5, 0.6) is 5.75 Å². The van der Waals surface area contributed by atoms with E-state index in [1.807, 2.05) is 24.3 Å². The fourth-order valence-electron chi connectivity index (χ4n) is 1.42. The molecule has 0 heterocycles. The predicted molar refractivity (Wildman–Crippen MR) is 76.8 cm³/mol. The van der Waals surface area contributed by atoms with Crippen LogP contribution in [0.3, 0.4) is 0 Å². The van der Waals surface area contributed by atoms with Gasteiger partial charge in [-0.05, 0) is 17.7 Å². The number of hydrogen-bond donors (Lipinski definition) is 2. The van der Waals surface area contributed by atoms with Gasteiger partial charge in [-0.3, -0.25) is 4.79 Å². The van der Waals surface area contributed by atoms with Crippen molar-refractivity contribution in [3.8, 4) is 5.75 Å². The van der Waals surface area contributed by atoms with Crippen LogP contribution in [-0.4, -0.2) is 39.8 Å². The zero-order chi connectivity index (χ0) is 13.2. The number of hydrogen-bond acceptors (Lipinski definition) is 4. The van der Waals surface area contributed by atoms with E-state index in [1.165, 1.54) is 0 Å². The fraction of sp³-hybridized carbons (Fsp3) is 0.462. The number of amides is 1. The number of nitrogens with one attached hydrogen (secondary N) is 2. The van der Waals surface area contributed by atoms with Crippen LogP contribution >= 0.6 is 12.4 Å². The van der Waals surface area contributed by atoms with Crippen molar-refractivity contribution in [3.05, 3.63) is 29.8 Å². The third kappa shape index (κ3) is 7.66. The molecule has 0 unspecified atom stereocenters. The minimum atomic E-state index is -0.0334. The highest BCUT2D eigenvalue weighted by atomic mass is 35.5. The smallest absolute Gasteiger partial charge is 0.234 e. The lowest BCUT2D eigenvalue weighted by atomic mass is 10.2. The van der Waals surface area contributed by atoms with Gasteiger partial charge in [0.05, 0.1) is 20.3 Å². The van der Waals surface area contributed by atoms with Crippen molar-refractivity contribution in [2.75, 3.05) is 33.9 Å². The van der Waals surface area contributed by atoms with Gasteiger partial charge in [0.25, 0.3) is 0 Å². The molecule has 108 valence electrons. The van der Waals surface area contributed by atoms with Gasteiger partial charge in [-0.2, -0.15) is 0 Å². The Morgan fingerprint density at radius 1 is 1.32 bits per heavy atom. The van der Waals surface area contributed by atoms with Crippen LogP contribution in [0.2, 0.25) is 0 Å². The average Bonchev–Trinajstić information content (AvgIpc) is 2.41. The summed E-state index contributed by atoms with van der Waals surface area (Å²) >= 11 is 0. The van der Waals surface area contributed by atoms with Crippen LogP contribution in [0.25, 0.3) is 0 Å². The van der Waals surface area contributed by atoms with Crippen molar-refractivity contribution >= 4 is 18.3 Å². The lowest BCUT2D eigenvalue weighted by Crippen LogP contribution is -2.34. The summed E-state index contributed by atoms with van der Waals surface area (Å²) < 4.78 is 9.98. The molecule has 1 aromatic carbocycles. The van der Waals surface area contributed by atoms with Crippen LogP contribution in [0, 0.1) is 0 Å². The monoisotopic (exact) mass is 288 g/mol. The largest absolute Gasteiger partial charge is 0.497 e. The van der Waals surface area contributed by atoms with Gasteiger partial charge >= 0.3 is 0 Å². The molecule has 0 aliphatic rings. The third-order valence-electron chi connectivity index (χ3n) is 2.39. The van der Waals surface area contributed by atoms with Gasteiger partial charge in [0.1, 0.15) is 5.75 Å². The van der Waals surface area contributed by atoms with E-state index in [1.54, 1.807) is 14.2 Å². The van der Waals surface area contributed by atoms with Gasteiger partial charge < -0.3 is 20.1 Å². The first kappa shape index (κ1) is 17.7. The normalized spacial score (nSPS) is 9.58. The highest BCUT2D eigenvalue weighted by molar-refractivity contribution is 5.85. The number of ether oxygens (including phenoxy) is 2. The molecule has 1 amide bonds. The standard InChI is InChI=1S/C13H20N2O3.ClH/c1-17-7-6-14-10-13(16)15-9-11-4-3-5-12(8-11)18-2;/h3-5,8,14H,6-7,9-10H2,1-2H3,(H,15,16);1H. The van der Waals surface area contributed by atoms with Gasteiger partial charge in [0, 0.05) is 20.2 Å². The molecule has 19 heavy (non-hydrogen) atoms.